The zero-order valence-corrected chi connectivity index (χ0v) is 12.6. The van der Waals surface area contributed by atoms with Crippen LogP contribution in [-0.4, -0.2) is 30.3 Å². The van der Waals surface area contributed by atoms with Crippen LogP contribution in [0.25, 0.3) is 4.96 Å². The Morgan fingerprint density at radius 1 is 1.55 bits per heavy atom. The predicted molar refractivity (Wildman–Crippen MR) is 75.6 cm³/mol. The van der Waals surface area contributed by atoms with E-state index in [-0.39, 0.29) is 17.4 Å². The van der Waals surface area contributed by atoms with Gasteiger partial charge in [0.1, 0.15) is 0 Å². The third-order valence-electron chi connectivity index (χ3n) is 2.87. The number of nitrogen functional groups attached to an aromatic ring is 1. The number of imidazole rings is 1. The first-order chi connectivity index (χ1) is 9.15. The number of amides is 1. The summed E-state index contributed by atoms with van der Waals surface area (Å²) >= 11 is 1.27. The summed E-state index contributed by atoms with van der Waals surface area (Å²) in [4.78, 5) is 15.7. The summed E-state index contributed by atoms with van der Waals surface area (Å²) in [5, 5.41) is 1.57. The molecular formula is C10H15N5O3S2. The van der Waals surface area contributed by atoms with E-state index >= 15 is 0 Å². The first kappa shape index (κ1) is 14.8. The van der Waals surface area contributed by atoms with E-state index in [1.807, 2.05) is 0 Å². The van der Waals surface area contributed by atoms with Gasteiger partial charge >= 0.3 is 0 Å². The fourth-order valence-electron chi connectivity index (χ4n) is 1.48. The van der Waals surface area contributed by atoms with E-state index in [0.29, 0.717) is 4.96 Å². The maximum atomic E-state index is 12.3. The predicted octanol–water partition coefficient (Wildman–Crippen LogP) is -0.232. The molecule has 2 aromatic heterocycles. The van der Waals surface area contributed by atoms with Gasteiger partial charge in [0.05, 0.1) is 5.41 Å². The Hall–Kier alpha value is -1.65. The quantitative estimate of drug-likeness (QED) is 0.700. The van der Waals surface area contributed by atoms with Gasteiger partial charge in [-0.1, -0.05) is 0 Å². The van der Waals surface area contributed by atoms with Crippen molar-refractivity contribution in [2.45, 2.75) is 18.9 Å². The van der Waals surface area contributed by atoms with E-state index in [2.05, 4.69) is 9.71 Å². The van der Waals surface area contributed by atoms with Gasteiger partial charge in [-0.15, -0.1) is 11.3 Å². The summed E-state index contributed by atoms with van der Waals surface area (Å²) in [5.74, 6) is -0.677. The molecule has 8 nitrogen and oxygen atoms in total. The molecule has 1 amide bonds. The summed E-state index contributed by atoms with van der Waals surface area (Å²) in [6.45, 7) is 2.98. The molecule has 0 radical (unpaired) electrons. The summed E-state index contributed by atoms with van der Waals surface area (Å²) < 4.78 is 28.3. The van der Waals surface area contributed by atoms with Crippen molar-refractivity contribution < 1.29 is 13.2 Å². The van der Waals surface area contributed by atoms with E-state index in [9.17, 15) is 13.2 Å². The molecule has 0 atom stereocenters. The topological polar surface area (TPSA) is 133 Å². The highest BCUT2D eigenvalue weighted by atomic mass is 32.2. The van der Waals surface area contributed by atoms with Crippen LogP contribution in [0, 0.1) is 5.41 Å². The van der Waals surface area contributed by atoms with Crippen molar-refractivity contribution in [1.29, 1.82) is 0 Å². The minimum absolute atomic E-state index is 0.0822. The molecule has 0 saturated heterocycles. The molecule has 5 N–H and O–H groups in total. The van der Waals surface area contributed by atoms with Crippen LogP contribution in [0.2, 0.25) is 0 Å². The molecule has 0 unspecified atom stereocenters. The Morgan fingerprint density at radius 2 is 2.20 bits per heavy atom. The van der Waals surface area contributed by atoms with Crippen LogP contribution >= 0.6 is 11.3 Å². The van der Waals surface area contributed by atoms with E-state index in [4.69, 9.17) is 11.5 Å². The molecule has 0 aliphatic carbocycles. The number of hydrogen-bond donors (Lipinski definition) is 3. The monoisotopic (exact) mass is 317 g/mol. The second kappa shape index (κ2) is 4.72. The summed E-state index contributed by atoms with van der Waals surface area (Å²) in [7, 11) is -3.89. The van der Waals surface area contributed by atoms with Crippen molar-refractivity contribution in [3.8, 4) is 0 Å². The van der Waals surface area contributed by atoms with Crippen LogP contribution in [0.3, 0.4) is 0 Å². The minimum atomic E-state index is -3.89. The van der Waals surface area contributed by atoms with Crippen molar-refractivity contribution in [1.82, 2.24) is 14.1 Å². The number of hydrogen-bond acceptors (Lipinski definition) is 6. The number of nitrogens with two attached hydrogens (primary N) is 2. The van der Waals surface area contributed by atoms with Crippen molar-refractivity contribution >= 4 is 38.0 Å². The molecule has 0 spiro atoms. The molecule has 2 heterocycles. The molecular weight excluding hydrogens is 302 g/mol. The molecule has 2 aromatic rings. The number of sulfonamides is 1. The van der Waals surface area contributed by atoms with Crippen LogP contribution in [0.4, 0.5) is 5.82 Å². The smallest absolute Gasteiger partial charge is 0.260 e. The number of anilines is 1. The molecule has 110 valence electrons. The van der Waals surface area contributed by atoms with Gasteiger partial charge in [0.25, 0.3) is 10.0 Å². The first-order valence-electron chi connectivity index (χ1n) is 5.66. The van der Waals surface area contributed by atoms with Gasteiger partial charge < -0.3 is 11.5 Å². The lowest BCUT2D eigenvalue weighted by atomic mass is 9.93. The fourth-order valence-corrected chi connectivity index (χ4v) is 3.67. The number of primary amides is 1. The van der Waals surface area contributed by atoms with Gasteiger partial charge in [-0.25, -0.2) is 18.1 Å². The molecule has 0 fully saturated rings. The third kappa shape index (κ3) is 2.49. The molecule has 0 aliphatic rings. The lowest BCUT2D eigenvalue weighted by molar-refractivity contribution is -0.125. The number of fused-ring (bicyclic) bond motifs is 1. The maximum Gasteiger partial charge on any atom is 0.260 e. The average Bonchev–Trinajstić information content (AvgIpc) is 2.85. The Labute approximate surface area is 119 Å². The Kier molecular flexibility index (Phi) is 3.48. The highest BCUT2D eigenvalue weighted by Crippen LogP contribution is 2.23. The van der Waals surface area contributed by atoms with Gasteiger partial charge in [-0.2, -0.15) is 0 Å². The van der Waals surface area contributed by atoms with E-state index in [1.54, 1.807) is 25.4 Å². The molecule has 0 saturated carbocycles. The molecule has 10 heteroatoms. The zero-order chi connectivity index (χ0) is 15.1. The molecule has 20 heavy (non-hydrogen) atoms. The van der Waals surface area contributed by atoms with Gasteiger partial charge in [0.15, 0.2) is 15.8 Å². The van der Waals surface area contributed by atoms with Gasteiger partial charge in [-0.05, 0) is 13.8 Å². The molecule has 0 aliphatic heterocycles. The SMILES string of the molecule is CC(C)(CNS(=O)(=O)c1c(N)nc2sccn12)C(N)=O. The highest BCUT2D eigenvalue weighted by molar-refractivity contribution is 7.89. The lowest BCUT2D eigenvalue weighted by Crippen LogP contribution is -2.42. The van der Waals surface area contributed by atoms with Gasteiger partial charge in [0.2, 0.25) is 5.91 Å². The van der Waals surface area contributed by atoms with Crippen LogP contribution in [0.15, 0.2) is 16.6 Å². The number of rotatable bonds is 5. The van der Waals surface area contributed by atoms with Crippen LogP contribution < -0.4 is 16.2 Å². The van der Waals surface area contributed by atoms with E-state index in [0.717, 1.165) is 0 Å². The second-order valence-electron chi connectivity index (χ2n) is 4.93. The number of aromatic nitrogens is 2. The number of nitrogens with one attached hydrogen (secondary N) is 1. The summed E-state index contributed by atoms with van der Waals surface area (Å²) in [5.41, 5.74) is 9.86. The number of nitrogens with zero attached hydrogens (tertiary/aromatic N) is 2. The summed E-state index contributed by atoms with van der Waals surface area (Å²) in [6, 6.07) is 0. The Balaban J connectivity index is 2.34. The average molecular weight is 317 g/mol. The molecule has 0 bridgehead atoms. The maximum absolute atomic E-state index is 12.3. The lowest BCUT2D eigenvalue weighted by Gasteiger charge is -2.20. The first-order valence-corrected chi connectivity index (χ1v) is 8.02. The summed E-state index contributed by atoms with van der Waals surface area (Å²) in [6.07, 6.45) is 1.57. The standard InChI is InChI=1S/C10H15N5O3S2/c1-10(2,8(12)16)5-13-20(17,18)7-6(11)14-9-15(7)3-4-19-9/h3-4,13H,5,11H2,1-2H3,(H2,12,16). The van der Waals surface area contributed by atoms with Crippen LogP contribution in [0.1, 0.15) is 13.8 Å². The van der Waals surface area contributed by atoms with Crippen LogP contribution in [0.5, 0.6) is 0 Å². The van der Waals surface area contributed by atoms with Crippen molar-refractivity contribution in [2.75, 3.05) is 12.3 Å². The van der Waals surface area contributed by atoms with E-state index < -0.39 is 21.3 Å². The fraction of sp³-hybridized carbons (Fsp3) is 0.400. The molecule has 2 rings (SSSR count). The van der Waals surface area contributed by atoms with Gasteiger partial charge in [-0.3, -0.25) is 9.20 Å². The third-order valence-corrected chi connectivity index (χ3v) is 5.07. The largest absolute Gasteiger partial charge is 0.381 e. The van der Waals surface area contributed by atoms with Crippen molar-refractivity contribution in [3.63, 3.8) is 0 Å². The van der Waals surface area contributed by atoms with Gasteiger partial charge in [0, 0.05) is 18.1 Å². The minimum Gasteiger partial charge on any atom is -0.381 e. The number of carbonyl (C=O) groups excluding carboxylic acids is 1. The van der Waals surface area contributed by atoms with Crippen molar-refractivity contribution in [2.24, 2.45) is 11.1 Å². The van der Waals surface area contributed by atoms with Crippen molar-refractivity contribution in [3.05, 3.63) is 11.6 Å². The highest BCUT2D eigenvalue weighted by Gasteiger charge is 2.30. The molecule has 0 aromatic carbocycles. The second-order valence-corrected chi connectivity index (χ2v) is 7.49. The van der Waals surface area contributed by atoms with E-state index in [1.165, 1.54) is 15.7 Å². The van der Waals surface area contributed by atoms with Crippen LogP contribution in [-0.2, 0) is 14.8 Å². The number of carbonyl (C=O) groups is 1. The Bertz CT molecular complexity index is 759. The number of thiazole rings is 1. The normalized spacial score (nSPS) is 12.9. The zero-order valence-electron chi connectivity index (χ0n) is 11.0. The Morgan fingerprint density at radius 3 is 2.80 bits per heavy atom.